The summed E-state index contributed by atoms with van der Waals surface area (Å²) < 4.78 is 0. The predicted molar refractivity (Wildman–Crippen MR) is 102 cm³/mol. The van der Waals surface area contributed by atoms with E-state index in [0.29, 0.717) is 24.1 Å². The summed E-state index contributed by atoms with van der Waals surface area (Å²) >= 11 is 0. The number of hydrogen-bond acceptors (Lipinski definition) is 5. The predicted octanol–water partition coefficient (Wildman–Crippen LogP) is 2.74. The van der Waals surface area contributed by atoms with Gasteiger partial charge in [0.05, 0.1) is 36.5 Å². The van der Waals surface area contributed by atoms with Gasteiger partial charge in [-0.2, -0.15) is 5.26 Å². The van der Waals surface area contributed by atoms with Crippen LogP contribution in [0.5, 0.6) is 0 Å². The van der Waals surface area contributed by atoms with Crippen molar-refractivity contribution in [3.05, 3.63) is 59.2 Å². The van der Waals surface area contributed by atoms with Gasteiger partial charge in [0.1, 0.15) is 7.11 Å². The average Bonchev–Trinajstić information content (AvgIpc) is 3.11. The Morgan fingerprint density at radius 2 is 2.07 bits per heavy atom. The third-order valence-corrected chi connectivity index (χ3v) is 4.85. The molecule has 6 heteroatoms. The summed E-state index contributed by atoms with van der Waals surface area (Å²) in [5.74, 6) is -0.149. The number of nitriles is 1. The topological polar surface area (TPSA) is 85.9 Å². The fourth-order valence-corrected chi connectivity index (χ4v) is 3.40. The molecule has 1 N–H and O–H groups in total. The molecule has 138 valence electrons. The largest absolute Gasteiger partial charge is 0.399 e. The molecular weight excluding hydrogens is 342 g/mol. The molecular formula is C21H21N3O3. The lowest BCUT2D eigenvalue weighted by Gasteiger charge is -2.22. The SMILES string of the molecule is CO/N=C1\C[C@@H](CO)N(C(=O)c2ccc(-c3cccc(C#N)c3C)cc2)C1. The molecule has 0 radical (unpaired) electrons. The molecule has 3 rings (SSSR count). The highest BCUT2D eigenvalue weighted by molar-refractivity contribution is 6.00. The minimum absolute atomic E-state index is 0.118. The Balaban J connectivity index is 1.84. The maximum Gasteiger partial charge on any atom is 0.254 e. The summed E-state index contributed by atoms with van der Waals surface area (Å²) in [5, 5.41) is 22.7. The number of hydrogen-bond donors (Lipinski definition) is 1. The van der Waals surface area contributed by atoms with Crippen molar-refractivity contribution in [2.75, 3.05) is 20.3 Å². The number of likely N-dealkylation sites (tertiary alicyclic amines) is 1. The van der Waals surface area contributed by atoms with E-state index in [-0.39, 0.29) is 18.6 Å². The monoisotopic (exact) mass is 363 g/mol. The van der Waals surface area contributed by atoms with Crippen molar-refractivity contribution in [2.24, 2.45) is 5.16 Å². The van der Waals surface area contributed by atoms with Crippen molar-refractivity contribution in [1.29, 1.82) is 5.26 Å². The molecule has 1 aliphatic heterocycles. The molecule has 1 atom stereocenters. The molecule has 2 aromatic carbocycles. The molecule has 2 aromatic rings. The molecule has 0 aliphatic carbocycles. The first-order chi connectivity index (χ1) is 13.1. The molecule has 6 nitrogen and oxygen atoms in total. The smallest absolute Gasteiger partial charge is 0.254 e. The molecule has 27 heavy (non-hydrogen) atoms. The summed E-state index contributed by atoms with van der Waals surface area (Å²) in [6, 6.07) is 14.8. The van der Waals surface area contributed by atoms with Gasteiger partial charge >= 0.3 is 0 Å². The lowest BCUT2D eigenvalue weighted by atomic mass is 9.96. The normalized spacial score (nSPS) is 17.8. The van der Waals surface area contributed by atoms with E-state index >= 15 is 0 Å². The zero-order valence-electron chi connectivity index (χ0n) is 15.3. The van der Waals surface area contributed by atoms with E-state index in [9.17, 15) is 15.2 Å². The molecule has 1 saturated heterocycles. The Kier molecular flexibility index (Phi) is 5.53. The second-order valence-corrected chi connectivity index (χ2v) is 6.48. The quantitative estimate of drug-likeness (QED) is 0.847. The number of carbonyl (C=O) groups is 1. The number of aliphatic hydroxyl groups excluding tert-OH is 1. The summed E-state index contributed by atoms with van der Waals surface area (Å²) in [5.41, 5.74) is 4.76. The molecule has 1 heterocycles. The molecule has 1 fully saturated rings. The van der Waals surface area contributed by atoms with Crippen molar-refractivity contribution >= 4 is 11.6 Å². The first kappa shape index (κ1) is 18.6. The van der Waals surface area contributed by atoms with Crippen LogP contribution in [-0.4, -0.2) is 47.9 Å². The van der Waals surface area contributed by atoms with Gasteiger partial charge in [-0.1, -0.05) is 29.4 Å². The molecule has 0 aromatic heterocycles. The number of carbonyl (C=O) groups excluding carboxylic acids is 1. The van der Waals surface area contributed by atoms with Crippen LogP contribution in [0, 0.1) is 18.3 Å². The van der Waals surface area contributed by atoms with E-state index < -0.39 is 0 Å². The fourth-order valence-electron chi connectivity index (χ4n) is 3.40. The zero-order chi connectivity index (χ0) is 19.4. The Hall–Kier alpha value is -3.17. The number of amides is 1. The van der Waals surface area contributed by atoms with Crippen LogP contribution in [0.15, 0.2) is 47.6 Å². The number of nitrogens with zero attached hydrogens (tertiary/aromatic N) is 3. The first-order valence-corrected chi connectivity index (χ1v) is 8.70. The highest BCUT2D eigenvalue weighted by Crippen LogP contribution is 2.26. The Morgan fingerprint density at radius 1 is 1.33 bits per heavy atom. The van der Waals surface area contributed by atoms with E-state index in [1.807, 2.05) is 31.2 Å². The van der Waals surface area contributed by atoms with Crippen LogP contribution in [-0.2, 0) is 4.84 Å². The summed E-state index contributed by atoms with van der Waals surface area (Å²) in [6.45, 7) is 2.15. The van der Waals surface area contributed by atoms with Crippen LogP contribution in [0.2, 0.25) is 0 Å². The molecule has 1 aliphatic rings. The fraction of sp³-hybridized carbons (Fsp3) is 0.286. The van der Waals surface area contributed by atoms with Crippen molar-refractivity contribution in [3.8, 4) is 17.2 Å². The highest BCUT2D eigenvalue weighted by Gasteiger charge is 2.33. The van der Waals surface area contributed by atoms with Gasteiger partial charge in [-0.3, -0.25) is 4.79 Å². The van der Waals surface area contributed by atoms with Gasteiger partial charge < -0.3 is 14.8 Å². The Bertz CT molecular complexity index is 913. The van der Waals surface area contributed by atoms with Crippen molar-refractivity contribution in [2.45, 2.75) is 19.4 Å². The molecule has 0 unspecified atom stereocenters. The molecule has 0 saturated carbocycles. The van der Waals surface area contributed by atoms with Crippen LogP contribution in [0.4, 0.5) is 0 Å². The van der Waals surface area contributed by atoms with Crippen LogP contribution in [0.3, 0.4) is 0 Å². The minimum atomic E-state index is -0.291. The lowest BCUT2D eigenvalue weighted by Crippen LogP contribution is -2.37. The van der Waals surface area contributed by atoms with Crippen LogP contribution < -0.4 is 0 Å². The minimum Gasteiger partial charge on any atom is -0.399 e. The third-order valence-electron chi connectivity index (χ3n) is 4.85. The Labute approximate surface area is 158 Å². The Morgan fingerprint density at radius 3 is 2.70 bits per heavy atom. The zero-order valence-corrected chi connectivity index (χ0v) is 15.3. The van der Waals surface area contributed by atoms with Crippen LogP contribution >= 0.6 is 0 Å². The molecule has 0 spiro atoms. The van der Waals surface area contributed by atoms with E-state index in [0.717, 1.165) is 22.4 Å². The summed E-state index contributed by atoms with van der Waals surface area (Å²) in [4.78, 5) is 19.3. The van der Waals surface area contributed by atoms with Gasteiger partial charge in [-0.25, -0.2) is 0 Å². The second kappa shape index (κ2) is 8.02. The summed E-state index contributed by atoms with van der Waals surface area (Å²) in [7, 11) is 1.47. The van der Waals surface area contributed by atoms with E-state index in [2.05, 4.69) is 11.2 Å². The average molecular weight is 363 g/mol. The lowest BCUT2D eigenvalue weighted by molar-refractivity contribution is 0.0680. The first-order valence-electron chi connectivity index (χ1n) is 8.70. The maximum absolute atomic E-state index is 12.9. The van der Waals surface area contributed by atoms with Crippen LogP contribution in [0.25, 0.3) is 11.1 Å². The van der Waals surface area contributed by atoms with E-state index in [1.54, 1.807) is 23.1 Å². The second-order valence-electron chi connectivity index (χ2n) is 6.48. The van der Waals surface area contributed by atoms with Gasteiger partial charge in [0, 0.05) is 12.0 Å². The van der Waals surface area contributed by atoms with Gasteiger partial charge in [0.2, 0.25) is 0 Å². The molecule has 0 bridgehead atoms. The van der Waals surface area contributed by atoms with Crippen molar-refractivity contribution in [3.63, 3.8) is 0 Å². The van der Waals surface area contributed by atoms with Gasteiger partial charge in [-0.05, 0) is 41.8 Å². The number of aliphatic hydroxyl groups is 1. The van der Waals surface area contributed by atoms with Gasteiger partial charge in [0.25, 0.3) is 5.91 Å². The van der Waals surface area contributed by atoms with Crippen molar-refractivity contribution < 1.29 is 14.7 Å². The number of benzene rings is 2. The summed E-state index contributed by atoms with van der Waals surface area (Å²) in [6.07, 6.45) is 0.508. The standard InChI is InChI=1S/C21H21N3O3/c1-14-17(11-22)4-3-5-20(14)15-6-8-16(9-7-15)21(26)24-12-18(23-27-2)10-19(24)13-25/h3-9,19,25H,10,12-13H2,1-2H3/b23-18+/t19-/m0/s1. The van der Waals surface area contributed by atoms with Crippen LogP contribution in [0.1, 0.15) is 27.9 Å². The van der Waals surface area contributed by atoms with E-state index in [1.165, 1.54) is 7.11 Å². The third kappa shape index (κ3) is 3.69. The van der Waals surface area contributed by atoms with Gasteiger partial charge in [0.15, 0.2) is 0 Å². The van der Waals surface area contributed by atoms with Gasteiger partial charge in [-0.15, -0.1) is 0 Å². The number of rotatable bonds is 4. The highest BCUT2D eigenvalue weighted by atomic mass is 16.6. The van der Waals surface area contributed by atoms with Crippen molar-refractivity contribution in [1.82, 2.24) is 4.90 Å². The maximum atomic E-state index is 12.9. The number of oxime groups is 1. The molecule has 1 amide bonds. The van der Waals surface area contributed by atoms with E-state index in [4.69, 9.17) is 4.84 Å².